The van der Waals surface area contributed by atoms with Gasteiger partial charge in [-0.15, -0.1) is 0 Å². The van der Waals surface area contributed by atoms with Crippen molar-refractivity contribution in [3.63, 3.8) is 0 Å². The van der Waals surface area contributed by atoms with Crippen LogP contribution in [0.2, 0.25) is 0 Å². The molecule has 2 aromatic carbocycles. The number of alkyl halides is 1. The molecule has 0 spiro atoms. The number of rotatable bonds is 7. The minimum absolute atomic E-state index is 0.176. The molecule has 0 saturated carbocycles. The van der Waals surface area contributed by atoms with E-state index < -0.39 is 12.4 Å². The highest BCUT2D eigenvalue weighted by Crippen LogP contribution is 2.28. The highest BCUT2D eigenvalue weighted by molar-refractivity contribution is 14.1. The van der Waals surface area contributed by atoms with Gasteiger partial charge in [-0.1, -0.05) is 83.3 Å². The van der Waals surface area contributed by atoms with Gasteiger partial charge in [-0.05, 0) is 11.1 Å². The number of benzene rings is 2. The minimum atomic E-state index is -0.964. The SMILES string of the molecule is O[C@H]1O[C@H](CI)[C@@H](OCc2ccccc2)[C@@H]1OCc1ccccc1. The molecule has 5 heteroatoms. The summed E-state index contributed by atoms with van der Waals surface area (Å²) in [5, 5.41) is 10.2. The molecular formula is C19H21IO4. The van der Waals surface area contributed by atoms with E-state index >= 15 is 0 Å². The second kappa shape index (κ2) is 8.92. The number of hydrogen-bond donors (Lipinski definition) is 1. The van der Waals surface area contributed by atoms with E-state index in [0.29, 0.717) is 13.2 Å². The number of aliphatic hydroxyl groups is 1. The normalized spacial score (nSPS) is 26.6. The molecule has 0 amide bonds. The van der Waals surface area contributed by atoms with Gasteiger partial charge in [0.1, 0.15) is 12.2 Å². The van der Waals surface area contributed by atoms with Gasteiger partial charge >= 0.3 is 0 Å². The van der Waals surface area contributed by atoms with Crippen molar-refractivity contribution in [2.75, 3.05) is 4.43 Å². The van der Waals surface area contributed by atoms with Gasteiger partial charge in [0.2, 0.25) is 0 Å². The maximum absolute atomic E-state index is 10.2. The Balaban J connectivity index is 1.63. The fourth-order valence-electron chi connectivity index (χ4n) is 2.74. The average molecular weight is 440 g/mol. The highest BCUT2D eigenvalue weighted by Gasteiger charge is 2.45. The lowest BCUT2D eigenvalue weighted by atomic mass is 10.1. The summed E-state index contributed by atoms with van der Waals surface area (Å²) in [6.45, 7) is 0.894. The lowest BCUT2D eigenvalue weighted by molar-refractivity contribution is -0.147. The zero-order chi connectivity index (χ0) is 16.8. The quantitative estimate of drug-likeness (QED) is 0.531. The smallest absolute Gasteiger partial charge is 0.184 e. The lowest BCUT2D eigenvalue weighted by Crippen LogP contribution is -2.38. The van der Waals surface area contributed by atoms with E-state index in [1.54, 1.807) is 0 Å². The maximum Gasteiger partial charge on any atom is 0.184 e. The predicted molar refractivity (Wildman–Crippen MR) is 99.8 cm³/mol. The summed E-state index contributed by atoms with van der Waals surface area (Å²) < 4.78 is 18.3. The molecule has 0 bridgehead atoms. The van der Waals surface area contributed by atoms with Crippen molar-refractivity contribution in [3.05, 3.63) is 71.8 Å². The van der Waals surface area contributed by atoms with Crippen molar-refractivity contribution < 1.29 is 19.3 Å². The zero-order valence-electron chi connectivity index (χ0n) is 13.3. The van der Waals surface area contributed by atoms with Gasteiger partial charge in [0, 0.05) is 4.43 Å². The highest BCUT2D eigenvalue weighted by atomic mass is 127. The third-order valence-corrected chi connectivity index (χ3v) is 4.88. The molecule has 0 aliphatic carbocycles. The Morgan fingerprint density at radius 3 is 1.83 bits per heavy atom. The van der Waals surface area contributed by atoms with Gasteiger partial charge in [0.15, 0.2) is 6.29 Å². The third-order valence-electron chi connectivity index (χ3n) is 4.01. The van der Waals surface area contributed by atoms with Crippen molar-refractivity contribution >= 4 is 22.6 Å². The first-order valence-corrected chi connectivity index (χ1v) is 9.51. The largest absolute Gasteiger partial charge is 0.368 e. The van der Waals surface area contributed by atoms with E-state index in [1.165, 1.54) is 0 Å². The van der Waals surface area contributed by atoms with Crippen LogP contribution < -0.4 is 0 Å². The van der Waals surface area contributed by atoms with E-state index in [1.807, 2.05) is 60.7 Å². The molecule has 0 aromatic heterocycles. The molecule has 1 aliphatic heterocycles. The number of halogens is 1. The molecule has 128 valence electrons. The molecule has 1 fully saturated rings. The van der Waals surface area contributed by atoms with E-state index in [4.69, 9.17) is 14.2 Å². The fourth-order valence-corrected chi connectivity index (χ4v) is 3.45. The van der Waals surface area contributed by atoms with Crippen LogP contribution in [-0.4, -0.2) is 34.1 Å². The van der Waals surface area contributed by atoms with Crippen molar-refractivity contribution in [3.8, 4) is 0 Å². The second-order valence-electron chi connectivity index (χ2n) is 5.74. The fraction of sp³-hybridized carbons (Fsp3) is 0.368. The van der Waals surface area contributed by atoms with Crippen molar-refractivity contribution in [2.24, 2.45) is 0 Å². The Bertz CT molecular complexity index is 607. The summed E-state index contributed by atoms with van der Waals surface area (Å²) in [5.41, 5.74) is 2.15. The van der Waals surface area contributed by atoms with Crippen LogP contribution in [-0.2, 0) is 27.4 Å². The van der Waals surface area contributed by atoms with Crippen LogP contribution in [0.4, 0.5) is 0 Å². The van der Waals surface area contributed by atoms with Crippen molar-refractivity contribution in [1.29, 1.82) is 0 Å². The van der Waals surface area contributed by atoms with Crippen LogP contribution in [0.5, 0.6) is 0 Å². The zero-order valence-corrected chi connectivity index (χ0v) is 15.4. The number of hydrogen-bond acceptors (Lipinski definition) is 4. The van der Waals surface area contributed by atoms with Gasteiger partial charge in [-0.3, -0.25) is 0 Å². The third kappa shape index (κ3) is 4.55. The molecule has 3 rings (SSSR count). The van der Waals surface area contributed by atoms with Crippen LogP contribution in [0.3, 0.4) is 0 Å². The van der Waals surface area contributed by atoms with E-state index in [2.05, 4.69) is 22.6 Å². The first-order valence-electron chi connectivity index (χ1n) is 7.98. The molecule has 24 heavy (non-hydrogen) atoms. The topological polar surface area (TPSA) is 47.9 Å². The van der Waals surface area contributed by atoms with Gasteiger partial charge in [-0.25, -0.2) is 0 Å². The second-order valence-corrected chi connectivity index (χ2v) is 6.62. The van der Waals surface area contributed by atoms with Crippen molar-refractivity contribution in [2.45, 2.75) is 37.8 Å². The van der Waals surface area contributed by atoms with Crippen molar-refractivity contribution in [1.82, 2.24) is 0 Å². The Labute approximate surface area is 155 Å². The molecule has 0 radical (unpaired) electrons. The molecule has 1 heterocycles. The summed E-state index contributed by atoms with van der Waals surface area (Å²) in [4.78, 5) is 0. The van der Waals surface area contributed by atoms with Crippen LogP contribution in [0.15, 0.2) is 60.7 Å². The molecule has 0 unspecified atom stereocenters. The lowest BCUT2D eigenvalue weighted by Gasteiger charge is -2.23. The van der Waals surface area contributed by atoms with Crippen LogP contribution in [0.1, 0.15) is 11.1 Å². The summed E-state index contributed by atoms with van der Waals surface area (Å²) in [6, 6.07) is 19.9. The monoisotopic (exact) mass is 440 g/mol. The standard InChI is InChI=1S/C19H21IO4/c20-11-16-17(22-12-14-7-3-1-4-8-14)18(19(21)24-16)23-13-15-9-5-2-6-10-15/h1-10,16-19,21H,11-13H2/t16-,17-,18+,19+/m1/s1. The summed E-state index contributed by atoms with van der Waals surface area (Å²) in [5.74, 6) is 0. The summed E-state index contributed by atoms with van der Waals surface area (Å²) >= 11 is 2.25. The first kappa shape index (κ1) is 17.8. The Morgan fingerprint density at radius 1 is 0.833 bits per heavy atom. The van der Waals surface area contributed by atoms with Gasteiger partial charge in [0.05, 0.1) is 19.3 Å². The van der Waals surface area contributed by atoms with Crippen LogP contribution >= 0.6 is 22.6 Å². The van der Waals surface area contributed by atoms with Gasteiger partial charge in [0.25, 0.3) is 0 Å². The Hall–Kier alpha value is -0.990. The average Bonchev–Trinajstić information content (AvgIpc) is 2.94. The number of aliphatic hydroxyl groups excluding tert-OH is 1. The molecule has 1 saturated heterocycles. The van der Waals surface area contributed by atoms with E-state index in [9.17, 15) is 5.11 Å². The Kier molecular flexibility index (Phi) is 6.62. The van der Waals surface area contributed by atoms with E-state index in [-0.39, 0.29) is 12.2 Å². The molecule has 4 atom stereocenters. The van der Waals surface area contributed by atoms with Gasteiger partial charge < -0.3 is 19.3 Å². The number of ether oxygens (including phenoxy) is 3. The first-order chi connectivity index (χ1) is 11.8. The van der Waals surface area contributed by atoms with Crippen LogP contribution in [0, 0.1) is 0 Å². The molecular weight excluding hydrogens is 419 g/mol. The predicted octanol–water partition coefficient (Wildman–Crippen LogP) is 3.31. The minimum Gasteiger partial charge on any atom is -0.368 e. The Morgan fingerprint density at radius 2 is 1.33 bits per heavy atom. The van der Waals surface area contributed by atoms with E-state index in [0.717, 1.165) is 15.6 Å². The molecule has 2 aromatic rings. The summed E-state index contributed by atoms with van der Waals surface area (Å²) in [6.07, 6.45) is -1.92. The van der Waals surface area contributed by atoms with Crippen LogP contribution in [0.25, 0.3) is 0 Å². The maximum atomic E-state index is 10.2. The molecule has 1 aliphatic rings. The molecule has 1 N–H and O–H groups in total. The summed E-state index contributed by atoms with van der Waals surface area (Å²) in [7, 11) is 0. The van der Waals surface area contributed by atoms with Gasteiger partial charge in [-0.2, -0.15) is 0 Å². The molecule has 4 nitrogen and oxygen atoms in total.